The molecular weight excluding hydrogens is 182 g/mol. The molecule has 13 heavy (non-hydrogen) atoms. The van der Waals surface area contributed by atoms with Gasteiger partial charge in [-0.05, 0) is 31.3 Å². The van der Waals surface area contributed by atoms with Gasteiger partial charge in [-0.1, -0.05) is 13.8 Å². The Morgan fingerprint density at radius 1 is 1.23 bits per heavy atom. The van der Waals surface area contributed by atoms with Crippen LogP contribution in [0, 0.1) is 0 Å². The van der Waals surface area contributed by atoms with E-state index in [0.717, 1.165) is 25.0 Å². The molecule has 0 heterocycles. The molecule has 1 atom stereocenters. The van der Waals surface area contributed by atoms with Crippen molar-refractivity contribution in [3.05, 3.63) is 0 Å². The quantitative estimate of drug-likeness (QED) is 0.634. The highest BCUT2D eigenvalue weighted by Gasteiger charge is 2.10. The van der Waals surface area contributed by atoms with Gasteiger partial charge in [0.25, 0.3) is 0 Å². The van der Waals surface area contributed by atoms with Crippen LogP contribution in [0.15, 0.2) is 0 Å². The lowest BCUT2D eigenvalue weighted by molar-refractivity contribution is 0.225. The van der Waals surface area contributed by atoms with E-state index in [2.05, 4.69) is 25.4 Å². The van der Waals surface area contributed by atoms with Crippen molar-refractivity contribution >= 4 is 11.8 Å². The van der Waals surface area contributed by atoms with Crippen molar-refractivity contribution in [1.29, 1.82) is 0 Å². The monoisotopic (exact) mass is 205 g/mol. The summed E-state index contributed by atoms with van der Waals surface area (Å²) < 4.78 is 0. The largest absolute Gasteiger partial charge is 0.395 e. The zero-order valence-electron chi connectivity index (χ0n) is 9.05. The molecule has 0 amide bonds. The maximum Gasteiger partial charge on any atom is 0.0585 e. The maximum absolute atomic E-state index is 9.12. The maximum atomic E-state index is 9.12. The molecule has 0 bridgehead atoms. The lowest BCUT2D eigenvalue weighted by Gasteiger charge is -2.22. The van der Waals surface area contributed by atoms with Crippen LogP contribution >= 0.6 is 11.8 Å². The number of hydrogen-bond acceptors (Lipinski definition) is 3. The third kappa shape index (κ3) is 6.36. The van der Waals surface area contributed by atoms with Crippen molar-refractivity contribution in [3.63, 3.8) is 0 Å². The summed E-state index contributed by atoms with van der Waals surface area (Å²) in [5.74, 6) is 1.12. The van der Waals surface area contributed by atoms with E-state index in [0.29, 0.717) is 6.04 Å². The van der Waals surface area contributed by atoms with Gasteiger partial charge in [-0.25, -0.2) is 0 Å². The summed E-state index contributed by atoms with van der Waals surface area (Å²) in [6.45, 7) is 4.63. The Hall–Kier alpha value is 0.270. The molecule has 0 saturated carbocycles. The topological polar surface area (TPSA) is 32.3 Å². The molecule has 0 spiro atoms. The summed E-state index contributed by atoms with van der Waals surface area (Å²) in [6.07, 6.45) is 5.46. The highest BCUT2D eigenvalue weighted by atomic mass is 32.2. The van der Waals surface area contributed by atoms with E-state index in [1.807, 2.05) is 11.8 Å². The first kappa shape index (κ1) is 13.3. The van der Waals surface area contributed by atoms with Gasteiger partial charge in [0, 0.05) is 12.1 Å². The molecule has 3 heteroatoms. The number of thioether (sulfide) groups is 1. The van der Waals surface area contributed by atoms with Gasteiger partial charge in [-0.3, -0.25) is 0 Å². The summed E-state index contributed by atoms with van der Waals surface area (Å²) in [4.78, 5) is 0. The molecule has 0 rings (SSSR count). The Morgan fingerprint density at radius 3 is 2.23 bits per heavy atom. The Morgan fingerprint density at radius 2 is 1.85 bits per heavy atom. The average molecular weight is 205 g/mol. The van der Waals surface area contributed by atoms with Crippen LogP contribution in [0.1, 0.15) is 33.1 Å². The first-order chi connectivity index (χ1) is 6.28. The lowest BCUT2D eigenvalue weighted by atomic mass is 10.1. The van der Waals surface area contributed by atoms with Crippen LogP contribution < -0.4 is 5.32 Å². The van der Waals surface area contributed by atoms with Gasteiger partial charge in [-0.2, -0.15) is 11.8 Å². The van der Waals surface area contributed by atoms with Crippen molar-refractivity contribution < 1.29 is 5.11 Å². The van der Waals surface area contributed by atoms with Gasteiger partial charge < -0.3 is 10.4 Å². The lowest BCUT2D eigenvalue weighted by Crippen LogP contribution is -2.40. The molecule has 80 valence electrons. The second-order valence-electron chi connectivity index (χ2n) is 3.34. The minimum absolute atomic E-state index is 0.261. The van der Waals surface area contributed by atoms with Crippen LogP contribution in [-0.4, -0.2) is 35.8 Å². The number of aliphatic hydroxyl groups is 1. The molecular formula is C10H23NOS. The second-order valence-corrected chi connectivity index (χ2v) is 4.33. The molecule has 2 N–H and O–H groups in total. The van der Waals surface area contributed by atoms with E-state index in [1.54, 1.807) is 0 Å². The van der Waals surface area contributed by atoms with E-state index >= 15 is 0 Å². The molecule has 0 radical (unpaired) electrons. The fraction of sp³-hybridized carbons (Fsp3) is 1.00. The Bertz CT molecular complexity index is 107. The highest BCUT2D eigenvalue weighted by molar-refractivity contribution is 7.98. The zero-order chi connectivity index (χ0) is 10.1. The minimum Gasteiger partial charge on any atom is -0.395 e. The van der Waals surface area contributed by atoms with Crippen LogP contribution in [0.3, 0.4) is 0 Å². The molecule has 1 unspecified atom stereocenters. The van der Waals surface area contributed by atoms with Gasteiger partial charge in [0.05, 0.1) is 6.61 Å². The van der Waals surface area contributed by atoms with E-state index in [-0.39, 0.29) is 12.6 Å². The fourth-order valence-electron chi connectivity index (χ4n) is 1.35. The van der Waals surface area contributed by atoms with Gasteiger partial charge >= 0.3 is 0 Å². The molecule has 0 saturated heterocycles. The molecule has 0 aliphatic carbocycles. The van der Waals surface area contributed by atoms with E-state index in [9.17, 15) is 0 Å². The van der Waals surface area contributed by atoms with Crippen molar-refractivity contribution in [2.45, 2.75) is 45.2 Å². The Labute approximate surface area is 86.5 Å². The van der Waals surface area contributed by atoms with Gasteiger partial charge in [0.1, 0.15) is 0 Å². The molecule has 0 aliphatic rings. The number of rotatable bonds is 8. The molecule has 0 aromatic carbocycles. The van der Waals surface area contributed by atoms with Crippen LogP contribution in [0.5, 0.6) is 0 Å². The summed E-state index contributed by atoms with van der Waals surface area (Å²) in [5.41, 5.74) is 0. The predicted molar refractivity (Wildman–Crippen MR) is 61.4 cm³/mol. The van der Waals surface area contributed by atoms with Crippen molar-refractivity contribution in [2.24, 2.45) is 0 Å². The number of aliphatic hydroxyl groups excluding tert-OH is 1. The van der Waals surface area contributed by atoms with Crippen LogP contribution in [0.25, 0.3) is 0 Å². The van der Waals surface area contributed by atoms with Crippen molar-refractivity contribution in [3.8, 4) is 0 Å². The van der Waals surface area contributed by atoms with E-state index < -0.39 is 0 Å². The standard InChI is InChI=1S/C10H23NOS/c1-4-9(5-2)11-10(8-12)6-7-13-3/h9-12H,4-8H2,1-3H3. The van der Waals surface area contributed by atoms with E-state index in [1.165, 1.54) is 0 Å². The minimum atomic E-state index is 0.261. The summed E-state index contributed by atoms with van der Waals surface area (Å²) in [6, 6.07) is 0.858. The first-order valence-corrected chi connectivity index (χ1v) is 6.53. The SMILES string of the molecule is CCC(CC)NC(CO)CCSC. The van der Waals surface area contributed by atoms with Crippen LogP contribution in [-0.2, 0) is 0 Å². The molecule has 0 aromatic heterocycles. The number of hydrogen-bond donors (Lipinski definition) is 2. The van der Waals surface area contributed by atoms with E-state index in [4.69, 9.17) is 5.11 Å². The summed E-state index contributed by atoms with van der Waals surface area (Å²) >= 11 is 1.84. The summed E-state index contributed by atoms with van der Waals surface area (Å²) in [5, 5.41) is 12.6. The predicted octanol–water partition coefficient (Wildman–Crippen LogP) is 1.88. The third-order valence-corrected chi connectivity index (χ3v) is 2.99. The van der Waals surface area contributed by atoms with Crippen molar-refractivity contribution in [2.75, 3.05) is 18.6 Å². The molecule has 0 fully saturated rings. The molecule has 0 aliphatic heterocycles. The van der Waals surface area contributed by atoms with Gasteiger partial charge in [-0.15, -0.1) is 0 Å². The normalized spacial score (nSPS) is 13.6. The summed E-state index contributed by atoms with van der Waals surface area (Å²) in [7, 11) is 0. The second kappa shape index (κ2) is 8.85. The highest BCUT2D eigenvalue weighted by Crippen LogP contribution is 2.04. The Kier molecular flexibility index (Phi) is 9.03. The smallest absolute Gasteiger partial charge is 0.0585 e. The average Bonchev–Trinajstić information content (AvgIpc) is 2.19. The van der Waals surface area contributed by atoms with Crippen LogP contribution in [0.2, 0.25) is 0 Å². The zero-order valence-corrected chi connectivity index (χ0v) is 9.86. The van der Waals surface area contributed by atoms with Gasteiger partial charge in [0.2, 0.25) is 0 Å². The number of nitrogens with one attached hydrogen (secondary N) is 1. The fourth-order valence-corrected chi connectivity index (χ4v) is 1.87. The van der Waals surface area contributed by atoms with Crippen LogP contribution in [0.4, 0.5) is 0 Å². The first-order valence-electron chi connectivity index (χ1n) is 5.14. The van der Waals surface area contributed by atoms with Gasteiger partial charge in [0.15, 0.2) is 0 Å². The third-order valence-electron chi connectivity index (χ3n) is 2.35. The van der Waals surface area contributed by atoms with Crippen molar-refractivity contribution in [1.82, 2.24) is 5.32 Å². The Balaban J connectivity index is 3.67. The molecule has 0 aromatic rings. The molecule has 2 nitrogen and oxygen atoms in total.